The number of carbonyl (C=O) groups is 1. The van der Waals surface area contributed by atoms with Gasteiger partial charge in [-0.3, -0.25) is 0 Å². The molecule has 0 amide bonds. The molecule has 0 aliphatic rings. The Morgan fingerprint density at radius 2 is 2.55 bits per heavy atom. The van der Waals surface area contributed by atoms with Gasteiger partial charge in [0, 0.05) is 0 Å². The fourth-order valence-corrected chi connectivity index (χ4v) is 1.22. The highest BCUT2D eigenvalue weighted by molar-refractivity contribution is 7.11. The van der Waals surface area contributed by atoms with Gasteiger partial charge < -0.3 is 9.84 Å². The Labute approximate surface area is 68.2 Å². The van der Waals surface area contributed by atoms with Gasteiger partial charge in [-0.1, -0.05) is 6.07 Å². The van der Waals surface area contributed by atoms with Gasteiger partial charge in [0.25, 0.3) is 0 Å². The van der Waals surface area contributed by atoms with E-state index in [1.54, 1.807) is 17.5 Å². The van der Waals surface area contributed by atoms with Crippen molar-refractivity contribution in [1.29, 1.82) is 0 Å². The molecule has 1 N–H and O–H groups in total. The zero-order chi connectivity index (χ0) is 8.10. The Morgan fingerprint density at radius 3 is 3.09 bits per heavy atom. The fraction of sp³-hybridized carbons (Fsp3) is 0.286. The molecule has 1 aromatic heterocycles. The summed E-state index contributed by atoms with van der Waals surface area (Å²) < 4.78 is 4.66. The van der Waals surface area contributed by atoms with E-state index in [0.717, 1.165) is 0 Å². The molecule has 0 unspecified atom stereocenters. The molecule has 0 fully saturated rings. The third kappa shape index (κ3) is 2.32. The van der Waals surface area contributed by atoms with E-state index in [-0.39, 0.29) is 19.2 Å². The first-order valence-corrected chi connectivity index (χ1v) is 4.04. The first-order valence-electron chi connectivity index (χ1n) is 3.16. The van der Waals surface area contributed by atoms with Crippen LogP contribution in [-0.4, -0.2) is 24.3 Å². The highest BCUT2D eigenvalue weighted by atomic mass is 32.1. The van der Waals surface area contributed by atoms with E-state index in [0.29, 0.717) is 4.88 Å². The second-order valence-electron chi connectivity index (χ2n) is 1.84. The molecule has 0 radical (unpaired) electrons. The van der Waals surface area contributed by atoms with E-state index >= 15 is 0 Å². The third-order valence-electron chi connectivity index (χ3n) is 1.05. The second-order valence-corrected chi connectivity index (χ2v) is 2.78. The minimum Gasteiger partial charge on any atom is -0.459 e. The molecule has 1 rings (SSSR count). The summed E-state index contributed by atoms with van der Waals surface area (Å²) >= 11 is 1.33. The molecule has 11 heavy (non-hydrogen) atoms. The van der Waals surface area contributed by atoms with Crippen molar-refractivity contribution < 1.29 is 14.6 Å². The Morgan fingerprint density at radius 1 is 1.73 bits per heavy atom. The maximum Gasteiger partial charge on any atom is 0.348 e. The van der Waals surface area contributed by atoms with Crippen LogP contribution in [0.25, 0.3) is 0 Å². The molecule has 0 spiro atoms. The highest BCUT2D eigenvalue weighted by Gasteiger charge is 2.05. The lowest BCUT2D eigenvalue weighted by Crippen LogP contribution is -2.06. The van der Waals surface area contributed by atoms with Crippen LogP contribution in [0.1, 0.15) is 9.67 Å². The Kier molecular flexibility index (Phi) is 3.07. The van der Waals surface area contributed by atoms with Gasteiger partial charge in [0.1, 0.15) is 11.5 Å². The standard InChI is InChI=1S/C7H8O3S/c8-3-4-10-7(9)6-2-1-5-11-6/h1-2,5,8H,3-4H2. The summed E-state index contributed by atoms with van der Waals surface area (Å²) in [4.78, 5) is 11.5. The van der Waals surface area contributed by atoms with E-state index in [9.17, 15) is 4.79 Å². The lowest BCUT2D eigenvalue weighted by Gasteiger charge is -1.98. The molecular weight excluding hydrogens is 164 g/mol. The van der Waals surface area contributed by atoms with Crippen LogP contribution in [0.2, 0.25) is 0 Å². The summed E-state index contributed by atoms with van der Waals surface area (Å²) in [6.07, 6.45) is 0. The molecule has 0 bridgehead atoms. The van der Waals surface area contributed by atoms with E-state index in [4.69, 9.17) is 5.11 Å². The maximum absolute atomic E-state index is 10.9. The molecule has 0 aromatic carbocycles. The van der Waals surface area contributed by atoms with E-state index in [2.05, 4.69) is 4.74 Å². The van der Waals surface area contributed by atoms with Crippen molar-refractivity contribution in [2.75, 3.05) is 13.2 Å². The van der Waals surface area contributed by atoms with Crippen LogP contribution in [0.15, 0.2) is 17.5 Å². The summed E-state index contributed by atoms with van der Waals surface area (Å²) in [7, 11) is 0. The largest absolute Gasteiger partial charge is 0.459 e. The lowest BCUT2D eigenvalue weighted by atomic mass is 10.5. The molecule has 0 atom stereocenters. The Bertz CT molecular complexity index is 218. The van der Waals surface area contributed by atoms with Gasteiger partial charge in [-0.2, -0.15) is 0 Å². The number of carbonyl (C=O) groups excluding carboxylic acids is 1. The Balaban J connectivity index is 2.43. The van der Waals surface area contributed by atoms with Crippen molar-refractivity contribution in [2.45, 2.75) is 0 Å². The average molecular weight is 172 g/mol. The van der Waals surface area contributed by atoms with Crippen LogP contribution in [0.4, 0.5) is 0 Å². The molecule has 0 saturated heterocycles. The van der Waals surface area contributed by atoms with Gasteiger partial charge in [-0.05, 0) is 11.4 Å². The molecule has 0 aliphatic carbocycles. The van der Waals surface area contributed by atoms with Crippen LogP contribution in [0.3, 0.4) is 0 Å². The zero-order valence-electron chi connectivity index (χ0n) is 5.82. The SMILES string of the molecule is O=C(OCCO)c1cccs1. The highest BCUT2D eigenvalue weighted by Crippen LogP contribution is 2.09. The number of hydrogen-bond acceptors (Lipinski definition) is 4. The van der Waals surface area contributed by atoms with Gasteiger partial charge in [-0.15, -0.1) is 11.3 Å². The van der Waals surface area contributed by atoms with Gasteiger partial charge in [-0.25, -0.2) is 4.79 Å². The summed E-state index contributed by atoms with van der Waals surface area (Å²) in [5, 5.41) is 10.1. The first kappa shape index (κ1) is 8.23. The van der Waals surface area contributed by atoms with E-state index in [1.807, 2.05) is 0 Å². The molecule has 0 aliphatic heterocycles. The number of thiophene rings is 1. The predicted molar refractivity (Wildman–Crippen MR) is 41.7 cm³/mol. The number of esters is 1. The summed E-state index contributed by atoms with van der Waals surface area (Å²) in [6.45, 7) is -0.0617. The number of rotatable bonds is 3. The van der Waals surface area contributed by atoms with Crippen molar-refractivity contribution in [3.8, 4) is 0 Å². The molecular formula is C7H8O3S. The smallest absolute Gasteiger partial charge is 0.348 e. The van der Waals surface area contributed by atoms with Crippen molar-refractivity contribution in [3.63, 3.8) is 0 Å². The van der Waals surface area contributed by atoms with Crippen molar-refractivity contribution in [1.82, 2.24) is 0 Å². The van der Waals surface area contributed by atoms with Crippen LogP contribution >= 0.6 is 11.3 Å². The molecule has 1 heterocycles. The minimum atomic E-state index is -0.367. The van der Waals surface area contributed by atoms with Crippen LogP contribution in [0.5, 0.6) is 0 Å². The summed E-state index contributed by atoms with van der Waals surface area (Å²) in [6, 6.07) is 3.46. The van der Waals surface area contributed by atoms with Gasteiger partial charge in [0.15, 0.2) is 0 Å². The van der Waals surface area contributed by atoms with Crippen LogP contribution < -0.4 is 0 Å². The first-order chi connectivity index (χ1) is 5.34. The zero-order valence-corrected chi connectivity index (χ0v) is 6.63. The monoisotopic (exact) mass is 172 g/mol. The predicted octanol–water partition coefficient (Wildman–Crippen LogP) is 0.897. The van der Waals surface area contributed by atoms with Crippen LogP contribution in [0, 0.1) is 0 Å². The maximum atomic E-state index is 10.9. The van der Waals surface area contributed by atoms with E-state index < -0.39 is 0 Å². The Hall–Kier alpha value is -0.870. The fourth-order valence-electron chi connectivity index (χ4n) is 0.604. The van der Waals surface area contributed by atoms with Crippen molar-refractivity contribution in [3.05, 3.63) is 22.4 Å². The summed E-state index contributed by atoms with van der Waals surface area (Å²) in [5.74, 6) is -0.367. The molecule has 4 heteroatoms. The van der Waals surface area contributed by atoms with Gasteiger partial charge >= 0.3 is 5.97 Å². The molecule has 0 saturated carbocycles. The van der Waals surface area contributed by atoms with Crippen molar-refractivity contribution in [2.24, 2.45) is 0 Å². The molecule has 3 nitrogen and oxygen atoms in total. The number of aliphatic hydroxyl groups excluding tert-OH is 1. The second kappa shape index (κ2) is 4.10. The summed E-state index contributed by atoms with van der Waals surface area (Å²) in [5.41, 5.74) is 0. The number of aliphatic hydroxyl groups is 1. The van der Waals surface area contributed by atoms with E-state index in [1.165, 1.54) is 11.3 Å². The van der Waals surface area contributed by atoms with Crippen LogP contribution in [-0.2, 0) is 4.74 Å². The minimum absolute atomic E-state index is 0.0662. The van der Waals surface area contributed by atoms with Crippen molar-refractivity contribution >= 4 is 17.3 Å². The van der Waals surface area contributed by atoms with Gasteiger partial charge in [0.05, 0.1) is 6.61 Å². The normalized spacial score (nSPS) is 9.55. The number of hydrogen-bond donors (Lipinski definition) is 1. The average Bonchev–Trinajstić information content (AvgIpc) is 2.52. The van der Waals surface area contributed by atoms with Gasteiger partial charge in [0.2, 0.25) is 0 Å². The lowest BCUT2D eigenvalue weighted by molar-refractivity contribution is 0.0439. The topological polar surface area (TPSA) is 46.5 Å². The quantitative estimate of drug-likeness (QED) is 0.689. The number of ether oxygens (including phenoxy) is 1. The molecule has 60 valence electrons. The molecule has 1 aromatic rings. The third-order valence-corrected chi connectivity index (χ3v) is 1.90.